The summed E-state index contributed by atoms with van der Waals surface area (Å²) in [6.07, 6.45) is 1.04. The van der Waals surface area contributed by atoms with E-state index in [1.807, 2.05) is 0 Å². The van der Waals surface area contributed by atoms with Crippen LogP contribution < -0.4 is 5.32 Å². The number of nitrogens with one attached hydrogen (secondary N) is 1. The zero-order chi connectivity index (χ0) is 13.3. The van der Waals surface area contributed by atoms with E-state index < -0.39 is 11.6 Å². The van der Waals surface area contributed by atoms with Crippen molar-refractivity contribution in [3.8, 4) is 0 Å². The quantitative estimate of drug-likeness (QED) is 0.443. The van der Waals surface area contributed by atoms with E-state index in [4.69, 9.17) is 4.74 Å². The van der Waals surface area contributed by atoms with Crippen molar-refractivity contribution in [2.75, 3.05) is 6.61 Å². The third kappa shape index (κ3) is 2.04. The number of esters is 1. The summed E-state index contributed by atoms with van der Waals surface area (Å²) in [5.74, 6) is -0.828. The van der Waals surface area contributed by atoms with Crippen molar-refractivity contribution in [2.45, 2.75) is 44.2 Å². The highest BCUT2D eigenvalue weighted by Gasteiger charge is 2.60. The van der Waals surface area contributed by atoms with E-state index in [1.54, 1.807) is 6.92 Å². The van der Waals surface area contributed by atoms with Crippen molar-refractivity contribution in [1.29, 1.82) is 0 Å². The fourth-order valence-electron chi connectivity index (χ4n) is 2.90. The molecule has 1 heterocycles. The molecule has 7 heteroatoms. The number of carbonyl (C=O) groups is 2. The van der Waals surface area contributed by atoms with Crippen LogP contribution in [-0.4, -0.2) is 35.0 Å². The van der Waals surface area contributed by atoms with Crippen LogP contribution in [0.5, 0.6) is 0 Å². The predicted molar refractivity (Wildman–Crippen MR) is 60.2 cm³/mol. The Hall–Kier alpha value is -1.66. The van der Waals surface area contributed by atoms with Crippen LogP contribution in [0.25, 0.3) is 0 Å². The molecule has 1 amide bonds. The highest BCUT2D eigenvalue weighted by atomic mass is 16.6. The summed E-state index contributed by atoms with van der Waals surface area (Å²) in [5.41, 5.74) is -0.837. The second-order valence-corrected chi connectivity index (χ2v) is 4.90. The SMILES string of the molecule is CCOC(=O)C1CC2(C1)NC(=O)CC[C@H]2[N+](=O)[O-]. The molecule has 2 fully saturated rings. The van der Waals surface area contributed by atoms with Crippen LogP contribution in [0.2, 0.25) is 0 Å². The monoisotopic (exact) mass is 256 g/mol. The summed E-state index contributed by atoms with van der Waals surface area (Å²) in [5, 5.41) is 13.7. The van der Waals surface area contributed by atoms with Gasteiger partial charge in [0.25, 0.3) is 0 Å². The lowest BCUT2D eigenvalue weighted by molar-refractivity contribution is -0.541. The number of carbonyl (C=O) groups excluding carboxylic acids is 2. The number of nitrogens with zero attached hydrogens (tertiary/aromatic N) is 1. The molecular formula is C11H16N2O5. The van der Waals surface area contributed by atoms with Crippen molar-refractivity contribution in [3.05, 3.63) is 10.1 Å². The van der Waals surface area contributed by atoms with Crippen LogP contribution in [0.3, 0.4) is 0 Å². The van der Waals surface area contributed by atoms with Gasteiger partial charge >= 0.3 is 5.97 Å². The summed E-state index contributed by atoms with van der Waals surface area (Å²) in [4.78, 5) is 33.6. The van der Waals surface area contributed by atoms with Gasteiger partial charge in [-0.1, -0.05) is 0 Å². The molecule has 0 aromatic carbocycles. The van der Waals surface area contributed by atoms with Gasteiger partial charge in [-0.15, -0.1) is 0 Å². The smallest absolute Gasteiger partial charge is 0.309 e. The van der Waals surface area contributed by atoms with Crippen molar-refractivity contribution in [3.63, 3.8) is 0 Å². The summed E-state index contributed by atoms with van der Waals surface area (Å²) < 4.78 is 4.88. The van der Waals surface area contributed by atoms with E-state index in [2.05, 4.69) is 5.32 Å². The second-order valence-electron chi connectivity index (χ2n) is 4.90. The van der Waals surface area contributed by atoms with Gasteiger partial charge in [0.15, 0.2) is 0 Å². The summed E-state index contributed by atoms with van der Waals surface area (Å²) in [6, 6.07) is -0.791. The third-order valence-corrected chi connectivity index (χ3v) is 3.77. The molecule has 0 bridgehead atoms. The molecule has 0 unspecified atom stereocenters. The molecule has 1 N–H and O–H groups in total. The van der Waals surface area contributed by atoms with Crippen molar-refractivity contribution >= 4 is 11.9 Å². The Kier molecular flexibility index (Phi) is 3.23. The third-order valence-electron chi connectivity index (χ3n) is 3.77. The molecule has 1 aliphatic heterocycles. The lowest BCUT2D eigenvalue weighted by Gasteiger charge is -2.49. The summed E-state index contributed by atoms with van der Waals surface area (Å²) in [7, 11) is 0. The first-order chi connectivity index (χ1) is 8.48. The first-order valence-corrected chi connectivity index (χ1v) is 6.09. The van der Waals surface area contributed by atoms with Gasteiger partial charge in [0.05, 0.1) is 12.5 Å². The van der Waals surface area contributed by atoms with Gasteiger partial charge in [-0.05, 0) is 19.8 Å². The first-order valence-electron chi connectivity index (χ1n) is 6.09. The lowest BCUT2D eigenvalue weighted by atomic mass is 9.62. The van der Waals surface area contributed by atoms with E-state index in [0.29, 0.717) is 19.4 Å². The maximum Gasteiger partial charge on any atom is 0.309 e. The second kappa shape index (κ2) is 4.55. The average Bonchev–Trinajstić information content (AvgIpc) is 2.25. The Morgan fingerprint density at radius 1 is 1.61 bits per heavy atom. The average molecular weight is 256 g/mol. The van der Waals surface area contributed by atoms with Gasteiger partial charge in [0.2, 0.25) is 11.9 Å². The molecule has 18 heavy (non-hydrogen) atoms. The molecule has 2 rings (SSSR count). The molecule has 0 radical (unpaired) electrons. The molecule has 0 aromatic heterocycles. The minimum Gasteiger partial charge on any atom is -0.466 e. The number of rotatable bonds is 3. The molecule has 1 saturated carbocycles. The fraction of sp³-hybridized carbons (Fsp3) is 0.818. The topological polar surface area (TPSA) is 98.5 Å². The summed E-state index contributed by atoms with van der Waals surface area (Å²) >= 11 is 0. The minimum absolute atomic E-state index is 0.171. The van der Waals surface area contributed by atoms with Crippen molar-refractivity contribution in [1.82, 2.24) is 5.32 Å². The normalized spacial score (nSPS) is 34.6. The Bertz CT molecular complexity index is 389. The lowest BCUT2D eigenvalue weighted by Crippen LogP contribution is -2.69. The maximum atomic E-state index is 11.5. The molecule has 1 spiro atoms. The molecule has 1 atom stereocenters. The van der Waals surface area contributed by atoms with Crippen molar-refractivity contribution in [2.24, 2.45) is 5.92 Å². The van der Waals surface area contributed by atoms with Gasteiger partial charge in [0.1, 0.15) is 5.54 Å². The standard InChI is InChI=1S/C11H16N2O5/c1-2-18-10(15)7-5-11(6-7)8(13(16)17)3-4-9(14)12-11/h7-8H,2-6H2,1H3,(H,12,14)/t7?,8-,11?/m1/s1. The van der Waals surface area contributed by atoms with Gasteiger partial charge in [-0.2, -0.15) is 0 Å². The highest BCUT2D eigenvalue weighted by Crippen LogP contribution is 2.44. The van der Waals surface area contributed by atoms with E-state index in [0.717, 1.165) is 0 Å². The van der Waals surface area contributed by atoms with Crippen LogP contribution in [-0.2, 0) is 14.3 Å². The largest absolute Gasteiger partial charge is 0.466 e. The Morgan fingerprint density at radius 2 is 2.28 bits per heavy atom. The number of nitro groups is 1. The molecule has 1 aliphatic carbocycles. The van der Waals surface area contributed by atoms with E-state index in [1.165, 1.54) is 0 Å². The Balaban J connectivity index is 2.04. The summed E-state index contributed by atoms with van der Waals surface area (Å²) in [6.45, 7) is 2.02. The van der Waals surface area contributed by atoms with E-state index in [-0.39, 0.29) is 35.6 Å². The van der Waals surface area contributed by atoms with Crippen LogP contribution in [0.4, 0.5) is 0 Å². The number of amides is 1. The van der Waals surface area contributed by atoms with Crippen LogP contribution in [0, 0.1) is 16.0 Å². The molecular weight excluding hydrogens is 240 g/mol. The number of piperidine rings is 1. The fourth-order valence-corrected chi connectivity index (χ4v) is 2.90. The Morgan fingerprint density at radius 3 is 2.83 bits per heavy atom. The van der Waals surface area contributed by atoms with Crippen LogP contribution >= 0.6 is 0 Å². The number of ether oxygens (including phenoxy) is 1. The zero-order valence-electron chi connectivity index (χ0n) is 10.2. The predicted octanol–water partition coefficient (Wildman–Crippen LogP) is 0.254. The first kappa shape index (κ1) is 12.8. The zero-order valence-corrected chi connectivity index (χ0v) is 10.2. The highest BCUT2D eigenvalue weighted by molar-refractivity contribution is 5.80. The number of hydrogen-bond donors (Lipinski definition) is 1. The molecule has 7 nitrogen and oxygen atoms in total. The number of hydrogen-bond acceptors (Lipinski definition) is 5. The van der Waals surface area contributed by atoms with Gasteiger partial charge in [-0.3, -0.25) is 19.7 Å². The van der Waals surface area contributed by atoms with Gasteiger partial charge in [-0.25, -0.2) is 0 Å². The van der Waals surface area contributed by atoms with E-state index in [9.17, 15) is 19.7 Å². The molecule has 100 valence electrons. The van der Waals surface area contributed by atoms with Crippen molar-refractivity contribution < 1.29 is 19.2 Å². The van der Waals surface area contributed by atoms with E-state index >= 15 is 0 Å². The molecule has 0 aromatic rings. The molecule has 1 saturated heterocycles. The minimum atomic E-state index is -0.837. The van der Waals surface area contributed by atoms with Crippen LogP contribution in [0.1, 0.15) is 32.6 Å². The maximum absolute atomic E-state index is 11.5. The van der Waals surface area contributed by atoms with Gasteiger partial charge < -0.3 is 10.1 Å². The van der Waals surface area contributed by atoms with Crippen LogP contribution in [0.15, 0.2) is 0 Å². The molecule has 2 aliphatic rings. The Labute approximate surface area is 104 Å². The van der Waals surface area contributed by atoms with Gasteiger partial charge in [0, 0.05) is 17.8 Å².